The molecule has 0 spiro atoms. The molecular formula is C16H21N5O5S. The number of hydrogen-bond donors (Lipinski definition) is 1. The van der Waals surface area contributed by atoms with Crippen LogP contribution in [0.5, 0.6) is 6.01 Å². The molecule has 27 heavy (non-hydrogen) atoms. The molecule has 10 nitrogen and oxygen atoms in total. The van der Waals surface area contributed by atoms with Crippen molar-refractivity contribution in [3.05, 3.63) is 34.7 Å². The molecule has 146 valence electrons. The van der Waals surface area contributed by atoms with Gasteiger partial charge in [-0.2, -0.15) is 0 Å². The van der Waals surface area contributed by atoms with Gasteiger partial charge in [0.2, 0.25) is 0 Å². The van der Waals surface area contributed by atoms with Gasteiger partial charge in [0.1, 0.15) is 4.90 Å². The van der Waals surface area contributed by atoms with Gasteiger partial charge in [-0.3, -0.25) is 0 Å². The fourth-order valence-electron chi connectivity index (χ4n) is 2.92. The number of nitrogens with one attached hydrogen (secondary N) is 1. The minimum absolute atomic E-state index is 0.0192. The standard InChI is InChI=1S/C16H21N5O5S/c1-3-26-15-17-21(16(23)19(15)2)14(22)18-27(24,25)13-9-5-4-8-12(13)20-10-6-7-11-20/h4-5,8-9H,3,6-7,10-11H2,1-2H3,(H,18,22). The molecule has 0 atom stereocenters. The Kier molecular flexibility index (Phi) is 5.22. The van der Waals surface area contributed by atoms with E-state index < -0.39 is 21.7 Å². The molecule has 2 aromatic rings. The number of hydrogen-bond acceptors (Lipinski definition) is 7. The van der Waals surface area contributed by atoms with Crippen molar-refractivity contribution in [2.45, 2.75) is 24.7 Å². The Hall–Kier alpha value is -2.82. The van der Waals surface area contributed by atoms with Crippen molar-refractivity contribution in [3.8, 4) is 6.01 Å². The van der Waals surface area contributed by atoms with Crippen LogP contribution < -0.4 is 20.0 Å². The number of aromatic nitrogens is 3. The Bertz CT molecular complexity index is 1000. The van der Waals surface area contributed by atoms with Crippen molar-refractivity contribution in [2.24, 2.45) is 7.05 Å². The van der Waals surface area contributed by atoms with Crippen LogP contribution in [0.1, 0.15) is 19.8 Å². The summed E-state index contributed by atoms with van der Waals surface area (Å²) in [6.07, 6.45) is 1.95. The van der Waals surface area contributed by atoms with Crippen molar-refractivity contribution in [1.29, 1.82) is 0 Å². The highest BCUT2D eigenvalue weighted by Crippen LogP contribution is 2.27. The third kappa shape index (κ3) is 3.68. The van der Waals surface area contributed by atoms with E-state index in [1.165, 1.54) is 13.1 Å². The lowest BCUT2D eigenvalue weighted by Gasteiger charge is -2.21. The van der Waals surface area contributed by atoms with Crippen LogP contribution in [0.15, 0.2) is 34.0 Å². The number of para-hydroxylation sites is 1. The van der Waals surface area contributed by atoms with E-state index in [9.17, 15) is 18.0 Å². The summed E-state index contributed by atoms with van der Waals surface area (Å²) in [5, 5.41) is 3.73. The highest BCUT2D eigenvalue weighted by molar-refractivity contribution is 7.90. The first-order valence-corrected chi connectivity index (χ1v) is 10.0. The molecule has 0 bridgehead atoms. The van der Waals surface area contributed by atoms with Gasteiger partial charge in [-0.25, -0.2) is 27.3 Å². The lowest BCUT2D eigenvalue weighted by atomic mass is 10.3. The Labute approximate surface area is 156 Å². The van der Waals surface area contributed by atoms with Crippen molar-refractivity contribution >= 4 is 21.7 Å². The Morgan fingerprint density at radius 3 is 2.59 bits per heavy atom. The molecule has 1 N–H and O–H groups in total. The van der Waals surface area contributed by atoms with Crippen LogP contribution in [0, 0.1) is 0 Å². The van der Waals surface area contributed by atoms with Crippen molar-refractivity contribution in [3.63, 3.8) is 0 Å². The Balaban J connectivity index is 1.91. The number of ether oxygens (including phenoxy) is 1. The lowest BCUT2D eigenvalue weighted by molar-refractivity contribution is 0.242. The zero-order chi connectivity index (χ0) is 19.6. The SMILES string of the molecule is CCOc1nn(C(=O)NS(=O)(=O)c2ccccc2N2CCCC2)c(=O)n1C. The number of rotatable bonds is 5. The molecule has 11 heteroatoms. The van der Waals surface area contributed by atoms with Crippen LogP contribution in [0.4, 0.5) is 10.5 Å². The first-order valence-electron chi connectivity index (χ1n) is 8.55. The number of nitrogens with zero attached hydrogens (tertiary/aromatic N) is 4. The van der Waals surface area contributed by atoms with Gasteiger partial charge in [-0.15, -0.1) is 9.78 Å². The van der Waals surface area contributed by atoms with Gasteiger partial charge < -0.3 is 9.64 Å². The predicted octanol–water partition coefficient (Wildman–Crippen LogP) is 0.527. The second-order valence-corrected chi connectivity index (χ2v) is 7.69. The molecule has 1 aliphatic heterocycles. The van der Waals surface area contributed by atoms with E-state index in [0.29, 0.717) is 10.4 Å². The summed E-state index contributed by atoms with van der Waals surface area (Å²) in [6, 6.07) is 5.20. The van der Waals surface area contributed by atoms with Crippen molar-refractivity contribution in [1.82, 2.24) is 19.1 Å². The van der Waals surface area contributed by atoms with Crippen molar-refractivity contribution < 1.29 is 17.9 Å². The normalized spacial score (nSPS) is 14.4. The first-order chi connectivity index (χ1) is 12.8. The maximum Gasteiger partial charge on any atom is 0.360 e. The number of benzene rings is 1. The molecule has 1 fully saturated rings. The summed E-state index contributed by atoms with van der Waals surface area (Å²) in [4.78, 5) is 26.4. The summed E-state index contributed by atoms with van der Waals surface area (Å²) in [5.74, 6) is 0. The first kappa shape index (κ1) is 19.0. The van der Waals surface area contributed by atoms with Gasteiger partial charge in [0, 0.05) is 20.1 Å². The van der Waals surface area contributed by atoms with Crippen LogP contribution in [-0.2, 0) is 17.1 Å². The average Bonchev–Trinajstić information content (AvgIpc) is 3.26. The summed E-state index contributed by atoms with van der Waals surface area (Å²) in [7, 11) is -2.82. The molecule has 0 saturated carbocycles. The maximum atomic E-state index is 12.8. The quantitative estimate of drug-likeness (QED) is 0.785. The Morgan fingerprint density at radius 1 is 1.26 bits per heavy atom. The number of sulfonamides is 1. The van der Waals surface area contributed by atoms with E-state index in [1.54, 1.807) is 25.1 Å². The van der Waals surface area contributed by atoms with Crippen LogP contribution in [-0.4, -0.2) is 48.5 Å². The van der Waals surface area contributed by atoms with Gasteiger partial charge in [-0.1, -0.05) is 12.1 Å². The number of anilines is 1. The second kappa shape index (κ2) is 7.43. The van der Waals surface area contributed by atoms with Gasteiger partial charge in [0.15, 0.2) is 0 Å². The Morgan fingerprint density at radius 2 is 1.93 bits per heavy atom. The average molecular weight is 395 g/mol. The maximum absolute atomic E-state index is 12.8. The monoisotopic (exact) mass is 395 g/mol. The topological polar surface area (TPSA) is 116 Å². The van der Waals surface area contributed by atoms with Gasteiger partial charge >= 0.3 is 17.7 Å². The second-order valence-electron chi connectivity index (χ2n) is 6.04. The summed E-state index contributed by atoms with van der Waals surface area (Å²) in [6.45, 7) is 3.44. The molecule has 1 aromatic carbocycles. The van der Waals surface area contributed by atoms with Crippen LogP contribution in [0.25, 0.3) is 0 Å². The molecule has 1 aliphatic rings. The van der Waals surface area contributed by atoms with E-state index >= 15 is 0 Å². The molecule has 1 aromatic heterocycles. The lowest BCUT2D eigenvalue weighted by Crippen LogP contribution is -2.40. The zero-order valence-corrected chi connectivity index (χ0v) is 15.9. The molecule has 0 aliphatic carbocycles. The fraction of sp³-hybridized carbons (Fsp3) is 0.438. The number of amides is 1. The zero-order valence-electron chi connectivity index (χ0n) is 15.1. The largest absolute Gasteiger partial charge is 0.464 e. The highest BCUT2D eigenvalue weighted by Gasteiger charge is 2.27. The summed E-state index contributed by atoms with van der Waals surface area (Å²) in [5.41, 5.74) is -0.280. The highest BCUT2D eigenvalue weighted by atomic mass is 32.2. The van der Waals surface area contributed by atoms with Gasteiger partial charge in [0.05, 0.1) is 12.3 Å². The molecular weight excluding hydrogens is 374 g/mol. The van der Waals surface area contributed by atoms with Crippen LogP contribution in [0.2, 0.25) is 0 Å². The van der Waals surface area contributed by atoms with Gasteiger partial charge in [-0.05, 0) is 31.9 Å². The van der Waals surface area contributed by atoms with E-state index in [1.807, 2.05) is 9.62 Å². The van der Waals surface area contributed by atoms with E-state index in [2.05, 4.69) is 5.10 Å². The van der Waals surface area contributed by atoms with E-state index in [-0.39, 0.29) is 17.5 Å². The molecule has 1 amide bonds. The van der Waals surface area contributed by atoms with Crippen LogP contribution >= 0.6 is 0 Å². The van der Waals surface area contributed by atoms with Crippen molar-refractivity contribution in [2.75, 3.05) is 24.6 Å². The van der Waals surface area contributed by atoms with Crippen LogP contribution in [0.3, 0.4) is 0 Å². The smallest absolute Gasteiger partial charge is 0.360 e. The third-order valence-corrected chi connectivity index (χ3v) is 5.60. The minimum atomic E-state index is -4.20. The number of carbonyl (C=O) groups is 1. The third-order valence-electron chi connectivity index (χ3n) is 4.23. The molecule has 2 heterocycles. The van der Waals surface area contributed by atoms with E-state index in [4.69, 9.17) is 4.74 Å². The van der Waals surface area contributed by atoms with E-state index in [0.717, 1.165) is 30.5 Å². The number of carbonyl (C=O) groups excluding carboxylic acids is 1. The molecule has 0 radical (unpaired) electrons. The molecule has 3 rings (SSSR count). The minimum Gasteiger partial charge on any atom is -0.464 e. The molecule has 0 unspecified atom stereocenters. The predicted molar refractivity (Wildman–Crippen MR) is 97.6 cm³/mol. The van der Waals surface area contributed by atoms with Gasteiger partial charge in [0.25, 0.3) is 10.0 Å². The molecule has 1 saturated heterocycles. The fourth-order valence-corrected chi connectivity index (χ4v) is 4.08. The summed E-state index contributed by atoms with van der Waals surface area (Å²) < 4.78 is 34.1. The summed E-state index contributed by atoms with van der Waals surface area (Å²) >= 11 is 0.